The van der Waals surface area contributed by atoms with Crippen LogP contribution >= 0.6 is 11.3 Å². The van der Waals surface area contributed by atoms with Gasteiger partial charge in [0.2, 0.25) is 11.8 Å². The van der Waals surface area contributed by atoms with E-state index in [0.717, 1.165) is 27.3 Å². The van der Waals surface area contributed by atoms with E-state index in [2.05, 4.69) is 47.5 Å². The summed E-state index contributed by atoms with van der Waals surface area (Å²) in [4.78, 5) is 33.9. The molecule has 3 aromatic rings. The number of likely N-dealkylation sites (tertiary alicyclic amines) is 1. The number of amides is 2. The number of benzene rings is 1. The van der Waals surface area contributed by atoms with Crippen LogP contribution in [0.5, 0.6) is 0 Å². The smallest absolute Gasteiger partial charge is 0.243 e. The van der Waals surface area contributed by atoms with E-state index in [1.165, 1.54) is 4.90 Å². The number of aromatic nitrogens is 2. The Labute approximate surface area is 222 Å². The molecule has 8 nitrogen and oxygen atoms in total. The Morgan fingerprint density at radius 2 is 1.97 bits per heavy atom. The largest absolute Gasteiger partial charge is 0.391 e. The average molecular weight is 525 g/mol. The summed E-state index contributed by atoms with van der Waals surface area (Å²) < 4.78 is 5.41. The lowest BCUT2D eigenvalue weighted by atomic mass is 9.91. The maximum Gasteiger partial charge on any atom is 0.243 e. The number of aryl methyl sites for hydroxylation is 2. The quantitative estimate of drug-likeness (QED) is 0.447. The standard InChI is InChI=1S/C28H36N4O4S/c1-15(2)22-10-19(26-18(6)30-14-37-26)7-8-20(22)12-29-27(34)23-11-21(33)13-32(23)28(35)25(16(3)4)24-9-17(5)31-36-24/h7-10,14-16,21,23,25,33H,11-13H2,1-6H3,(H,29,34)/t21-,23+,25+/m1/s1. The molecule has 0 bridgehead atoms. The van der Waals surface area contributed by atoms with Crippen LogP contribution in [0.15, 0.2) is 34.3 Å². The van der Waals surface area contributed by atoms with Crippen LogP contribution in [0.1, 0.15) is 74.2 Å². The van der Waals surface area contributed by atoms with Gasteiger partial charge in [-0.15, -0.1) is 11.3 Å². The molecule has 2 N–H and O–H groups in total. The van der Waals surface area contributed by atoms with Crippen molar-refractivity contribution >= 4 is 23.2 Å². The zero-order chi connectivity index (χ0) is 26.9. The molecule has 1 aliphatic heterocycles. The molecule has 0 aliphatic carbocycles. The Kier molecular flexibility index (Phi) is 8.14. The number of aliphatic hydroxyl groups is 1. The van der Waals surface area contributed by atoms with Gasteiger partial charge in [0.1, 0.15) is 17.7 Å². The minimum Gasteiger partial charge on any atom is -0.391 e. The van der Waals surface area contributed by atoms with Crippen molar-refractivity contribution in [3.8, 4) is 10.4 Å². The first-order chi connectivity index (χ1) is 17.6. The van der Waals surface area contributed by atoms with E-state index in [0.29, 0.717) is 18.0 Å². The van der Waals surface area contributed by atoms with Gasteiger partial charge >= 0.3 is 0 Å². The van der Waals surface area contributed by atoms with Crippen molar-refractivity contribution in [3.05, 3.63) is 58.1 Å². The van der Waals surface area contributed by atoms with E-state index in [-0.39, 0.29) is 36.6 Å². The molecule has 9 heteroatoms. The van der Waals surface area contributed by atoms with E-state index >= 15 is 0 Å². The van der Waals surface area contributed by atoms with Gasteiger partial charge in [0.25, 0.3) is 0 Å². The predicted octanol–water partition coefficient (Wildman–Crippen LogP) is 4.56. The number of thiazole rings is 1. The maximum absolute atomic E-state index is 13.6. The zero-order valence-corrected chi connectivity index (χ0v) is 23.1. The van der Waals surface area contributed by atoms with Crippen molar-refractivity contribution in [1.82, 2.24) is 20.4 Å². The number of β-amino-alcohol motifs (C(OH)–C–C–N with tert-alkyl or cyclic N) is 1. The maximum atomic E-state index is 13.6. The molecule has 0 radical (unpaired) electrons. The third-order valence-corrected chi connectivity index (χ3v) is 7.96. The first-order valence-electron chi connectivity index (χ1n) is 12.8. The van der Waals surface area contributed by atoms with Crippen LogP contribution in [0, 0.1) is 19.8 Å². The van der Waals surface area contributed by atoms with Gasteiger partial charge in [0.15, 0.2) is 0 Å². The van der Waals surface area contributed by atoms with Crippen LogP contribution in [0.2, 0.25) is 0 Å². The number of hydrogen-bond donors (Lipinski definition) is 2. The zero-order valence-electron chi connectivity index (χ0n) is 22.3. The number of aliphatic hydroxyl groups excluding tert-OH is 1. The molecule has 3 heterocycles. The molecule has 1 aromatic carbocycles. The third kappa shape index (κ3) is 5.78. The van der Waals surface area contributed by atoms with E-state index in [1.54, 1.807) is 24.3 Å². The van der Waals surface area contributed by atoms with Crippen molar-refractivity contribution in [2.24, 2.45) is 5.92 Å². The molecule has 198 valence electrons. The summed E-state index contributed by atoms with van der Waals surface area (Å²) in [5, 5.41) is 17.4. The van der Waals surface area contributed by atoms with Gasteiger partial charge in [0, 0.05) is 25.6 Å². The second-order valence-corrected chi connectivity index (χ2v) is 11.4. The Morgan fingerprint density at radius 1 is 1.22 bits per heavy atom. The minimum absolute atomic E-state index is 0.0596. The average Bonchev–Trinajstić information content (AvgIpc) is 3.57. The van der Waals surface area contributed by atoms with Crippen molar-refractivity contribution < 1.29 is 19.2 Å². The topological polar surface area (TPSA) is 109 Å². The summed E-state index contributed by atoms with van der Waals surface area (Å²) in [7, 11) is 0. The summed E-state index contributed by atoms with van der Waals surface area (Å²) in [6.07, 6.45) is -0.546. The van der Waals surface area contributed by atoms with Gasteiger partial charge in [-0.1, -0.05) is 45.0 Å². The molecular weight excluding hydrogens is 488 g/mol. The Bertz CT molecular complexity index is 1260. The number of hydrogen-bond acceptors (Lipinski definition) is 7. The molecule has 0 saturated carbocycles. The number of carbonyl (C=O) groups excluding carboxylic acids is 2. The lowest BCUT2D eigenvalue weighted by Gasteiger charge is -2.28. The number of nitrogens with one attached hydrogen (secondary N) is 1. The Balaban J connectivity index is 1.51. The fourth-order valence-corrected chi connectivity index (χ4v) is 5.87. The molecule has 0 unspecified atom stereocenters. The van der Waals surface area contributed by atoms with Crippen molar-refractivity contribution in [3.63, 3.8) is 0 Å². The molecule has 37 heavy (non-hydrogen) atoms. The predicted molar refractivity (Wildman–Crippen MR) is 143 cm³/mol. The van der Waals surface area contributed by atoms with Gasteiger partial charge < -0.3 is 19.8 Å². The fraction of sp³-hybridized carbons (Fsp3) is 0.500. The van der Waals surface area contributed by atoms with Gasteiger partial charge in [0.05, 0.1) is 27.9 Å². The van der Waals surface area contributed by atoms with Crippen molar-refractivity contribution in [2.75, 3.05) is 6.54 Å². The summed E-state index contributed by atoms with van der Waals surface area (Å²) in [6.45, 7) is 12.4. The molecule has 3 atom stereocenters. The highest BCUT2D eigenvalue weighted by atomic mass is 32.1. The van der Waals surface area contributed by atoms with E-state index in [1.807, 2.05) is 26.3 Å². The van der Waals surface area contributed by atoms with Crippen LogP contribution in [-0.2, 0) is 16.1 Å². The van der Waals surface area contributed by atoms with Crippen LogP contribution in [0.25, 0.3) is 10.4 Å². The summed E-state index contributed by atoms with van der Waals surface area (Å²) in [5.41, 5.74) is 6.86. The summed E-state index contributed by atoms with van der Waals surface area (Å²) in [6, 6.07) is 7.31. The Morgan fingerprint density at radius 3 is 2.57 bits per heavy atom. The molecule has 2 amide bonds. The van der Waals surface area contributed by atoms with Gasteiger partial charge in [-0.05, 0) is 48.4 Å². The van der Waals surface area contributed by atoms with Crippen molar-refractivity contribution in [1.29, 1.82) is 0 Å². The molecule has 0 spiro atoms. The van der Waals surface area contributed by atoms with Crippen LogP contribution in [-0.4, -0.2) is 50.7 Å². The highest BCUT2D eigenvalue weighted by Crippen LogP contribution is 2.33. The second-order valence-electron chi connectivity index (χ2n) is 10.5. The highest BCUT2D eigenvalue weighted by Gasteiger charge is 2.43. The number of nitrogens with zero attached hydrogens (tertiary/aromatic N) is 3. The first kappa shape index (κ1) is 27.0. The molecule has 1 saturated heterocycles. The van der Waals surface area contributed by atoms with Crippen molar-refractivity contribution in [2.45, 2.75) is 78.5 Å². The van der Waals surface area contributed by atoms with Crippen LogP contribution in [0.4, 0.5) is 0 Å². The second kappa shape index (κ2) is 11.1. The highest BCUT2D eigenvalue weighted by molar-refractivity contribution is 7.13. The number of carbonyl (C=O) groups is 2. The van der Waals surface area contributed by atoms with Gasteiger partial charge in [-0.25, -0.2) is 4.98 Å². The Hall–Kier alpha value is -3.04. The van der Waals surface area contributed by atoms with Crippen LogP contribution in [0.3, 0.4) is 0 Å². The molecule has 1 fully saturated rings. The minimum atomic E-state index is -0.753. The lowest BCUT2D eigenvalue weighted by molar-refractivity contribution is -0.141. The molecule has 4 rings (SSSR count). The third-order valence-electron chi connectivity index (χ3n) is 6.98. The van der Waals surface area contributed by atoms with Gasteiger partial charge in [-0.2, -0.15) is 0 Å². The molecule has 1 aliphatic rings. The fourth-order valence-electron chi connectivity index (χ4n) is 5.06. The summed E-state index contributed by atoms with van der Waals surface area (Å²) in [5.74, 6) is -0.375. The monoisotopic (exact) mass is 524 g/mol. The van der Waals surface area contributed by atoms with E-state index in [4.69, 9.17) is 4.52 Å². The van der Waals surface area contributed by atoms with Gasteiger partial charge in [-0.3, -0.25) is 9.59 Å². The molecular formula is C28H36N4O4S. The normalized spacial score (nSPS) is 18.6. The van der Waals surface area contributed by atoms with E-state index < -0.39 is 18.1 Å². The SMILES string of the molecule is Cc1cc([C@@H](C(=O)N2C[C@H](O)C[C@H]2C(=O)NCc2ccc(-c3scnc3C)cc2C(C)C)C(C)C)on1. The number of rotatable bonds is 8. The molecule has 2 aromatic heterocycles. The lowest BCUT2D eigenvalue weighted by Crippen LogP contribution is -2.48. The first-order valence-corrected chi connectivity index (χ1v) is 13.7. The van der Waals surface area contributed by atoms with E-state index in [9.17, 15) is 14.7 Å². The van der Waals surface area contributed by atoms with Crippen LogP contribution < -0.4 is 5.32 Å². The summed E-state index contributed by atoms with van der Waals surface area (Å²) >= 11 is 1.62.